The van der Waals surface area contributed by atoms with Gasteiger partial charge in [-0.15, -0.1) is 0 Å². The van der Waals surface area contributed by atoms with Crippen molar-refractivity contribution in [1.82, 2.24) is 4.90 Å². The van der Waals surface area contributed by atoms with E-state index in [9.17, 15) is 4.79 Å². The van der Waals surface area contributed by atoms with Gasteiger partial charge in [-0.3, -0.25) is 0 Å². The second-order valence-corrected chi connectivity index (χ2v) is 4.12. The average Bonchev–Trinajstić information content (AvgIpc) is 1.79. The number of likely N-dealkylation sites (tertiary alicyclic amines) is 1. The maximum Gasteiger partial charge on any atom is 0.410 e. The summed E-state index contributed by atoms with van der Waals surface area (Å²) in [5.41, 5.74) is -0.396. The van der Waals surface area contributed by atoms with E-state index in [2.05, 4.69) is 6.92 Å². The first-order chi connectivity index (χ1) is 5.40. The molecule has 1 amide bonds. The Kier molecular flexibility index (Phi) is 2.31. The monoisotopic (exact) mass is 170 g/mol. The SMILES string of the molecule is [CH2][C@@H]1CCN1C(=O)OC(C)(C)C. The average molecular weight is 170 g/mol. The fourth-order valence-electron chi connectivity index (χ4n) is 1.00. The second kappa shape index (κ2) is 2.96. The minimum absolute atomic E-state index is 0.111. The molecule has 1 saturated heterocycles. The van der Waals surface area contributed by atoms with Gasteiger partial charge in [0.05, 0.1) is 0 Å². The Balaban J connectivity index is 2.39. The standard InChI is InChI=1S/C9H16NO2/c1-7-5-6-10(7)8(11)12-9(2,3)4/h7H,1,5-6H2,2-4H3/t7-/m1/s1. The van der Waals surface area contributed by atoms with Crippen molar-refractivity contribution in [3.63, 3.8) is 0 Å². The zero-order valence-electron chi connectivity index (χ0n) is 7.96. The molecule has 0 unspecified atom stereocenters. The van der Waals surface area contributed by atoms with Gasteiger partial charge in [0.2, 0.25) is 0 Å². The Morgan fingerprint density at radius 2 is 2.17 bits per heavy atom. The molecule has 1 aliphatic rings. The van der Waals surface area contributed by atoms with Crippen LogP contribution in [0.15, 0.2) is 0 Å². The van der Waals surface area contributed by atoms with Crippen molar-refractivity contribution in [3.8, 4) is 0 Å². The van der Waals surface area contributed by atoms with Gasteiger partial charge >= 0.3 is 6.09 Å². The van der Waals surface area contributed by atoms with Crippen molar-refractivity contribution in [1.29, 1.82) is 0 Å². The smallest absolute Gasteiger partial charge is 0.410 e. The Morgan fingerprint density at radius 3 is 2.42 bits per heavy atom. The van der Waals surface area contributed by atoms with E-state index in [4.69, 9.17) is 4.74 Å². The molecule has 0 bridgehead atoms. The zero-order chi connectivity index (χ0) is 9.35. The van der Waals surface area contributed by atoms with Crippen molar-refractivity contribution < 1.29 is 9.53 Å². The lowest BCUT2D eigenvalue weighted by Gasteiger charge is -2.39. The lowest BCUT2D eigenvalue weighted by atomic mass is 10.1. The number of ether oxygens (including phenoxy) is 1. The van der Waals surface area contributed by atoms with Gasteiger partial charge in [0.25, 0.3) is 0 Å². The number of carbonyl (C=O) groups is 1. The van der Waals surface area contributed by atoms with Gasteiger partial charge in [-0.1, -0.05) is 0 Å². The number of rotatable bonds is 0. The fourth-order valence-corrected chi connectivity index (χ4v) is 1.00. The molecule has 1 heterocycles. The number of amides is 1. The van der Waals surface area contributed by atoms with Crippen molar-refractivity contribution in [2.75, 3.05) is 6.54 Å². The van der Waals surface area contributed by atoms with E-state index >= 15 is 0 Å². The number of hydrogen-bond acceptors (Lipinski definition) is 2. The fraction of sp³-hybridized carbons (Fsp3) is 0.778. The van der Waals surface area contributed by atoms with Crippen LogP contribution in [0, 0.1) is 6.92 Å². The number of carbonyl (C=O) groups excluding carboxylic acids is 1. The molecule has 69 valence electrons. The summed E-state index contributed by atoms with van der Waals surface area (Å²) < 4.78 is 5.16. The van der Waals surface area contributed by atoms with E-state index in [1.807, 2.05) is 20.8 Å². The highest BCUT2D eigenvalue weighted by molar-refractivity contribution is 5.69. The van der Waals surface area contributed by atoms with Crippen LogP contribution in [0.2, 0.25) is 0 Å². The van der Waals surface area contributed by atoms with Crippen molar-refractivity contribution in [2.24, 2.45) is 0 Å². The molecule has 0 spiro atoms. The zero-order valence-corrected chi connectivity index (χ0v) is 7.96. The van der Waals surface area contributed by atoms with Crippen LogP contribution in [0.5, 0.6) is 0 Å². The molecule has 3 heteroatoms. The highest BCUT2D eigenvalue weighted by Gasteiger charge is 2.31. The van der Waals surface area contributed by atoms with Crippen LogP contribution < -0.4 is 0 Å². The summed E-state index contributed by atoms with van der Waals surface area (Å²) in [6.45, 7) is 10.2. The molecule has 3 nitrogen and oxygen atoms in total. The minimum atomic E-state index is -0.396. The topological polar surface area (TPSA) is 29.5 Å². The number of nitrogens with zero attached hydrogens (tertiary/aromatic N) is 1. The van der Waals surface area contributed by atoms with E-state index < -0.39 is 5.60 Å². The molecule has 0 aromatic rings. The summed E-state index contributed by atoms with van der Waals surface area (Å²) >= 11 is 0. The Labute approximate surface area is 73.7 Å². The summed E-state index contributed by atoms with van der Waals surface area (Å²) in [5.74, 6) is 0. The molecule has 1 aliphatic heterocycles. The summed E-state index contributed by atoms with van der Waals surface area (Å²) in [5, 5.41) is 0. The van der Waals surface area contributed by atoms with E-state index in [1.54, 1.807) is 4.90 Å². The van der Waals surface area contributed by atoms with Gasteiger partial charge in [-0.25, -0.2) is 4.79 Å². The Morgan fingerprint density at radius 1 is 1.58 bits per heavy atom. The molecule has 0 N–H and O–H groups in total. The molecule has 0 saturated carbocycles. The second-order valence-electron chi connectivity index (χ2n) is 4.12. The molecule has 0 aliphatic carbocycles. The third-order valence-electron chi connectivity index (χ3n) is 1.77. The maximum absolute atomic E-state index is 11.3. The van der Waals surface area contributed by atoms with E-state index in [1.165, 1.54) is 0 Å². The Bertz CT molecular complexity index is 183. The van der Waals surface area contributed by atoms with Crippen LogP contribution in [0.1, 0.15) is 27.2 Å². The molecular formula is C9H16NO2. The van der Waals surface area contributed by atoms with Crippen LogP contribution in [0.3, 0.4) is 0 Å². The van der Waals surface area contributed by atoms with Gasteiger partial charge in [0, 0.05) is 12.6 Å². The molecule has 1 rings (SSSR count). The summed E-state index contributed by atoms with van der Waals surface area (Å²) in [6, 6.07) is 0.111. The lowest BCUT2D eigenvalue weighted by Crippen LogP contribution is -2.51. The normalized spacial score (nSPS) is 23.3. The molecule has 1 atom stereocenters. The largest absolute Gasteiger partial charge is 0.444 e. The van der Waals surface area contributed by atoms with Crippen LogP contribution in [-0.2, 0) is 4.74 Å². The highest BCUT2D eigenvalue weighted by Crippen LogP contribution is 2.19. The van der Waals surface area contributed by atoms with E-state index in [0.29, 0.717) is 0 Å². The number of hydrogen-bond donors (Lipinski definition) is 0. The van der Waals surface area contributed by atoms with E-state index in [-0.39, 0.29) is 12.1 Å². The lowest BCUT2D eigenvalue weighted by molar-refractivity contribution is 0.00240. The Hall–Kier alpha value is -0.730. The van der Waals surface area contributed by atoms with Gasteiger partial charge < -0.3 is 9.64 Å². The van der Waals surface area contributed by atoms with Crippen molar-refractivity contribution in [3.05, 3.63) is 6.92 Å². The van der Waals surface area contributed by atoms with Crippen LogP contribution in [0.4, 0.5) is 4.79 Å². The molecule has 0 aromatic heterocycles. The molecule has 1 fully saturated rings. The predicted molar refractivity (Wildman–Crippen MR) is 46.7 cm³/mol. The van der Waals surface area contributed by atoms with Crippen LogP contribution in [0.25, 0.3) is 0 Å². The van der Waals surface area contributed by atoms with Gasteiger partial charge in [0.15, 0.2) is 0 Å². The van der Waals surface area contributed by atoms with Gasteiger partial charge in [-0.05, 0) is 34.1 Å². The summed E-state index contributed by atoms with van der Waals surface area (Å²) in [7, 11) is 0. The first-order valence-electron chi connectivity index (χ1n) is 4.23. The van der Waals surface area contributed by atoms with E-state index in [0.717, 1.165) is 13.0 Å². The molecule has 0 aromatic carbocycles. The van der Waals surface area contributed by atoms with Crippen molar-refractivity contribution >= 4 is 6.09 Å². The third-order valence-corrected chi connectivity index (χ3v) is 1.77. The summed E-state index contributed by atoms with van der Waals surface area (Å²) in [4.78, 5) is 13.0. The van der Waals surface area contributed by atoms with Gasteiger partial charge in [-0.2, -0.15) is 0 Å². The summed E-state index contributed by atoms with van der Waals surface area (Å²) in [6.07, 6.45) is 0.743. The maximum atomic E-state index is 11.3. The quantitative estimate of drug-likeness (QED) is 0.555. The van der Waals surface area contributed by atoms with Crippen LogP contribution >= 0.6 is 0 Å². The first-order valence-corrected chi connectivity index (χ1v) is 4.23. The van der Waals surface area contributed by atoms with Gasteiger partial charge in [0.1, 0.15) is 5.60 Å². The van der Waals surface area contributed by atoms with Crippen LogP contribution in [-0.4, -0.2) is 29.2 Å². The first kappa shape index (κ1) is 9.36. The molecular weight excluding hydrogens is 154 g/mol. The molecule has 1 radical (unpaired) electrons. The minimum Gasteiger partial charge on any atom is -0.444 e. The highest BCUT2D eigenvalue weighted by atomic mass is 16.6. The predicted octanol–water partition coefficient (Wildman–Crippen LogP) is 1.83. The van der Waals surface area contributed by atoms with Crippen molar-refractivity contribution in [2.45, 2.75) is 38.8 Å². The third kappa shape index (κ3) is 2.13. The molecule has 12 heavy (non-hydrogen) atoms.